The molecule has 1 saturated heterocycles. The molecule has 0 aliphatic carbocycles. The van der Waals surface area contributed by atoms with Gasteiger partial charge in [-0.2, -0.15) is 0 Å². The van der Waals surface area contributed by atoms with Crippen molar-refractivity contribution in [3.05, 3.63) is 65.2 Å². The Hall–Kier alpha value is -3.50. The van der Waals surface area contributed by atoms with Crippen LogP contribution in [-0.4, -0.2) is 67.4 Å². The molecule has 172 valence electrons. The summed E-state index contributed by atoms with van der Waals surface area (Å²) in [6, 6.07) is 9.05. The van der Waals surface area contributed by atoms with Gasteiger partial charge in [0.2, 0.25) is 5.91 Å². The number of carbonyl (C=O) groups is 3. The van der Waals surface area contributed by atoms with Crippen LogP contribution in [0.5, 0.6) is 0 Å². The van der Waals surface area contributed by atoms with Crippen molar-refractivity contribution in [2.45, 2.75) is 0 Å². The molecular weight excluding hydrogens is 449 g/mol. The topological polar surface area (TPSA) is 92.1 Å². The number of hydrogen-bond acceptors (Lipinski definition) is 7. The fraction of sp³-hybridized carbons (Fsp3) is 0.261. The van der Waals surface area contributed by atoms with Gasteiger partial charge >= 0.3 is 5.97 Å². The number of rotatable bonds is 6. The van der Waals surface area contributed by atoms with Crippen molar-refractivity contribution in [3.63, 3.8) is 0 Å². The zero-order chi connectivity index (χ0) is 23.4. The molecule has 1 aliphatic rings. The number of furan rings is 1. The van der Waals surface area contributed by atoms with Crippen molar-refractivity contribution >= 4 is 34.1 Å². The third-order valence-corrected chi connectivity index (χ3v) is 6.24. The van der Waals surface area contributed by atoms with Gasteiger partial charge in [-0.25, -0.2) is 9.18 Å². The number of halogens is 1. The summed E-state index contributed by atoms with van der Waals surface area (Å²) >= 11 is 1.20. The number of nitrogens with one attached hydrogen (secondary N) is 1. The highest BCUT2D eigenvalue weighted by Crippen LogP contribution is 2.36. The molecule has 1 fully saturated rings. The van der Waals surface area contributed by atoms with Crippen molar-refractivity contribution in [1.82, 2.24) is 9.80 Å². The zero-order valence-corrected chi connectivity index (χ0v) is 18.7. The lowest BCUT2D eigenvalue weighted by Crippen LogP contribution is -2.50. The minimum Gasteiger partial charge on any atom is -0.465 e. The number of nitrogens with zero attached hydrogens (tertiary/aromatic N) is 2. The maximum atomic E-state index is 13.3. The van der Waals surface area contributed by atoms with Gasteiger partial charge in [0.25, 0.3) is 5.91 Å². The first-order valence-corrected chi connectivity index (χ1v) is 11.1. The third kappa shape index (κ3) is 5.12. The van der Waals surface area contributed by atoms with Crippen LogP contribution in [0.25, 0.3) is 11.1 Å². The first-order chi connectivity index (χ1) is 16.0. The summed E-state index contributed by atoms with van der Waals surface area (Å²) in [4.78, 5) is 41.1. The van der Waals surface area contributed by atoms with E-state index in [0.29, 0.717) is 48.1 Å². The molecule has 33 heavy (non-hydrogen) atoms. The lowest BCUT2D eigenvalue weighted by atomic mass is 10.0. The summed E-state index contributed by atoms with van der Waals surface area (Å²) in [7, 11) is 1.27. The Morgan fingerprint density at radius 1 is 1.12 bits per heavy atom. The zero-order valence-electron chi connectivity index (χ0n) is 17.9. The molecule has 0 spiro atoms. The molecule has 4 rings (SSSR count). The van der Waals surface area contributed by atoms with E-state index in [2.05, 4.69) is 5.32 Å². The fourth-order valence-corrected chi connectivity index (χ4v) is 4.60. The van der Waals surface area contributed by atoms with E-state index in [0.717, 1.165) is 0 Å². The van der Waals surface area contributed by atoms with Crippen LogP contribution < -0.4 is 5.32 Å². The van der Waals surface area contributed by atoms with Gasteiger partial charge in [0.1, 0.15) is 16.4 Å². The number of thiophene rings is 1. The minimum absolute atomic E-state index is 0.118. The first-order valence-electron chi connectivity index (χ1n) is 10.3. The molecule has 2 aromatic heterocycles. The second kappa shape index (κ2) is 9.97. The molecule has 8 nitrogen and oxygen atoms in total. The minimum atomic E-state index is -0.587. The van der Waals surface area contributed by atoms with E-state index < -0.39 is 5.97 Å². The Morgan fingerprint density at radius 2 is 1.85 bits per heavy atom. The molecule has 3 aromatic rings. The second-order valence-corrected chi connectivity index (χ2v) is 8.33. The summed E-state index contributed by atoms with van der Waals surface area (Å²) in [5, 5.41) is 4.90. The van der Waals surface area contributed by atoms with Crippen LogP contribution in [0.4, 0.5) is 9.39 Å². The van der Waals surface area contributed by atoms with Crippen molar-refractivity contribution in [2.24, 2.45) is 0 Å². The predicted molar refractivity (Wildman–Crippen MR) is 121 cm³/mol. The Balaban J connectivity index is 1.39. The number of methoxy groups -OCH3 is 1. The van der Waals surface area contributed by atoms with Crippen LogP contribution in [0.15, 0.2) is 52.5 Å². The number of piperazine rings is 1. The van der Waals surface area contributed by atoms with Gasteiger partial charge < -0.3 is 19.4 Å². The average molecular weight is 472 g/mol. The van der Waals surface area contributed by atoms with Crippen LogP contribution in [0.2, 0.25) is 0 Å². The molecule has 0 radical (unpaired) electrons. The van der Waals surface area contributed by atoms with Crippen molar-refractivity contribution in [2.75, 3.05) is 45.2 Å². The summed E-state index contributed by atoms with van der Waals surface area (Å²) in [5.74, 6) is -1.12. The highest BCUT2D eigenvalue weighted by molar-refractivity contribution is 7.15. The average Bonchev–Trinajstić information content (AvgIpc) is 3.50. The lowest BCUT2D eigenvalue weighted by molar-refractivity contribution is -0.117. The van der Waals surface area contributed by atoms with Gasteiger partial charge in [-0.3, -0.25) is 14.5 Å². The molecule has 1 aliphatic heterocycles. The normalized spacial score (nSPS) is 14.2. The Bertz CT molecular complexity index is 1140. The highest BCUT2D eigenvalue weighted by Gasteiger charge is 2.26. The van der Waals surface area contributed by atoms with E-state index in [1.54, 1.807) is 34.5 Å². The van der Waals surface area contributed by atoms with E-state index >= 15 is 0 Å². The molecule has 0 atom stereocenters. The fourth-order valence-electron chi connectivity index (χ4n) is 3.63. The number of ether oxygens (including phenoxy) is 1. The number of amides is 2. The molecule has 0 unspecified atom stereocenters. The number of esters is 1. The van der Waals surface area contributed by atoms with Gasteiger partial charge in [0, 0.05) is 37.1 Å². The summed E-state index contributed by atoms with van der Waals surface area (Å²) in [6.45, 7) is 2.15. The lowest BCUT2D eigenvalue weighted by Gasteiger charge is -2.33. The van der Waals surface area contributed by atoms with Gasteiger partial charge in [0.05, 0.1) is 19.9 Å². The van der Waals surface area contributed by atoms with Crippen molar-refractivity contribution in [1.29, 1.82) is 0 Å². The SMILES string of the molecule is COC(=O)c1c(-c2ccc(F)cc2)csc1NC(=O)CN1CCN(C(=O)c2ccco2)CC1. The Labute approximate surface area is 193 Å². The van der Waals surface area contributed by atoms with Gasteiger partial charge in [0.15, 0.2) is 5.76 Å². The van der Waals surface area contributed by atoms with Crippen molar-refractivity contribution < 1.29 is 27.9 Å². The van der Waals surface area contributed by atoms with Crippen LogP contribution in [-0.2, 0) is 9.53 Å². The third-order valence-electron chi connectivity index (χ3n) is 5.35. The molecule has 10 heteroatoms. The number of anilines is 1. The molecule has 1 N–H and O–H groups in total. The maximum absolute atomic E-state index is 13.3. The quantitative estimate of drug-likeness (QED) is 0.555. The summed E-state index contributed by atoms with van der Waals surface area (Å²) in [6.07, 6.45) is 1.46. The Kier molecular flexibility index (Phi) is 6.85. The van der Waals surface area contributed by atoms with Crippen LogP contribution in [0.3, 0.4) is 0 Å². The molecule has 0 saturated carbocycles. The standard InChI is InChI=1S/C23H22FN3O5S/c1-31-23(30)20-17(15-4-6-16(24)7-5-15)14-33-21(20)25-19(28)13-26-8-10-27(11-9-26)22(29)18-3-2-12-32-18/h2-7,12,14H,8-11,13H2,1H3,(H,25,28). The maximum Gasteiger partial charge on any atom is 0.341 e. The largest absolute Gasteiger partial charge is 0.465 e. The van der Waals surface area contributed by atoms with Crippen LogP contribution in [0.1, 0.15) is 20.9 Å². The summed E-state index contributed by atoms with van der Waals surface area (Å²) < 4.78 is 23.4. The number of hydrogen-bond donors (Lipinski definition) is 1. The van der Waals surface area contributed by atoms with E-state index in [9.17, 15) is 18.8 Å². The molecular formula is C23H22FN3O5S. The second-order valence-electron chi connectivity index (χ2n) is 7.45. The highest BCUT2D eigenvalue weighted by atomic mass is 32.1. The van der Waals surface area contributed by atoms with Gasteiger partial charge in [-0.05, 0) is 29.8 Å². The van der Waals surface area contributed by atoms with Crippen molar-refractivity contribution in [3.8, 4) is 11.1 Å². The first kappa shape index (κ1) is 22.7. The summed E-state index contributed by atoms with van der Waals surface area (Å²) in [5.41, 5.74) is 1.44. The molecule has 3 heterocycles. The van der Waals surface area contributed by atoms with E-state index in [4.69, 9.17) is 9.15 Å². The van der Waals surface area contributed by atoms with E-state index in [1.165, 1.54) is 36.8 Å². The monoisotopic (exact) mass is 471 g/mol. The van der Waals surface area contributed by atoms with E-state index in [1.807, 2.05) is 4.90 Å². The molecule has 0 bridgehead atoms. The molecule has 1 aromatic carbocycles. The number of benzene rings is 1. The van der Waals surface area contributed by atoms with Gasteiger partial charge in [-0.15, -0.1) is 11.3 Å². The van der Waals surface area contributed by atoms with Gasteiger partial charge in [-0.1, -0.05) is 12.1 Å². The van der Waals surface area contributed by atoms with Crippen LogP contribution in [0, 0.1) is 5.82 Å². The molecule has 2 amide bonds. The van der Waals surface area contributed by atoms with E-state index in [-0.39, 0.29) is 29.7 Å². The Morgan fingerprint density at radius 3 is 2.48 bits per heavy atom. The predicted octanol–water partition coefficient (Wildman–Crippen LogP) is 3.33. The smallest absolute Gasteiger partial charge is 0.341 e. The number of carbonyl (C=O) groups excluding carboxylic acids is 3. The van der Waals surface area contributed by atoms with Crippen LogP contribution >= 0.6 is 11.3 Å².